The van der Waals surface area contributed by atoms with Crippen molar-refractivity contribution in [3.8, 4) is 5.75 Å². The number of hydrogen-bond donors (Lipinski definition) is 3. The predicted molar refractivity (Wildman–Crippen MR) is 85.0 cm³/mol. The topological polar surface area (TPSA) is 82.5 Å². The van der Waals surface area contributed by atoms with E-state index in [1.807, 2.05) is 16.8 Å². The maximum atomic E-state index is 12.3. The highest BCUT2D eigenvalue weighted by molar-refractivity contribution is 7.07. The molecule has 112 valence electrons. The number of carbonyl (C=O) groups excluding carboxylic acids is 1. The second-order valence-corrected chi connectivity index (χ2v) is 5.60. The van der Waals surface area contributed by atoms with E-state index in [1.54, 1.807) is 24.3 Å². The number of carbonyl (C=O) groups is 1. The molecule has 1 unspecified atom stereocenters. The zero-order valence-electron chi connectivity index (χ0n) is 11.6. The van der Waals surface area contributed by atoms with E-state index in [4.69, 9.17) is 0 Å². The highest BCUT2D eigenvalue weighted by Crippen LogP contribution is 2.25. The number of nitrogens with one attached hydrogen (secondary N) is 1. The molecule has 0 spiro atoms. The number of para-hydroxylation sites is 1. The lowest BCUT2D eigenvalue weighted by Crippen LogP contribution is -2.28. The number of hydrogen-bond acceptors (Lipinski definition) is 5. The normalized spacial score (nSPS) is 12.2. The van der Waals surface area contributed by atoms with Crippen molar-refractivity contribution in [1.29, 1.82) is 0 Å². The number of thiophene rings is 1. The number of nitrogens with zero attached hydrogens (tertiary/aromatic N) is 1. The Balaban J connectivity index is 1.82. The van der Waals surface area contributed by atoms with E-state index in [0.29, 0.717) is 10.9 Å². The minimum atomic E-state index is -0.773. The number of aliphatic hydroxyl groups excluding tert-OH is 1. The molecule has 1 amide bonds. The standard InChI is InChI=1S/C16H14N2O3S/c19-13(10-5-6-22-9-10)7-18-16(21)15-11-3-1-2-4-12(11)17-8-14(15)20/h1-6,8-9,13,19-20H,7H2,(H,18,21). The van der Waals surface area contributed by atoms with Gasteiger partial charge < -0.3 is 15.5 Å². The Morgan fingerprint density at radius 3 is 2.91 bits per heavy atom. The van der Waals surface area contributed by atoms with Crippen molar-refractivity contribution in [3.05, 3.63) is 58.4 Å². The summed E-state index contributed by atoms with van der Waals surface area (Å²) in [6, 6.07) is 8.90. The molecule has 0 radical (unpaired) electrons. The van der Waals surface area contributed by atoms with Crippen molar-refractivity contribution >= 4 is 28.1 Å². The molecule has 1 aromatic carbocycles. The molecule has 3 N–H and O–H groups in total. The van der Waals surface area contributed by atoms with Crippen molar-refractivity contribution in [1.82, 2.24) is 10.3 Å². The van der Waals surface area contributed by atoms with Crippen LogP contribution in [0.15, 0.2) is 47.3 Å². The first-order valence-electron chi connectivity index (χ1n) is 6.72. The summed E-state index contributed by atoms with van der Waals surface area (Å²) < 4.78 is 0. The molecule has 0 fully saturated rings. The number of aromatic nitrogens is 1. The molecular weight excluding hydrogens is 300 g/mol. The van der Waals surface area contributed by atoms with Crippen molar-refractivity contribution in [2.75, 3.05) is 6.54 Å². The van der Waals surface area contributed by atoms with E-state index in [0.717, 1.165) is 5.56 Å². The van der Waals surface area contributed by atoms with Gasteiger partial charge in [0.15, 0.2) is 0 Å². The fraction of sp³-hybridized carbons (Fsp3) is 0.125. The van der Waals surface area contributed by atoms with Crippen LogP contribution < -0.4 is 5.32 Å². The van der Waals surface area contributed by atoms with Crippen LogP contribution in [0.1, 0.15) is 22.0 Å². The Morgan fingerprint density at radius 1 is 1.32 bits per heavy atom. The lowest BCUT2D eigenvalue weighted by Gasteiger charge is -2.12. The van der Waals surface area contributed by atoms with Crippen LogP contribution in [0.25, 0.3) is 10.9 Å². The third-order valence-corrected chi connectivity index (χ3v) is 4.07. The Labute approximate surface area is 130 Å². The van der Waals surface area contributed by atoms with E-state index in [2.05, 4.69) is 10.3 Å². The number of aromatic hydroxyl groups is 1. The zero-order chi connectivity index (χ0) is 15.5. The molecule has 0 aliphatic heterocycles. The molecular formula is C16H14N2O3S. The molecule has 3 aromatic rings. The average Bonchev–Trinajstić information content (AvgIpc) is 3.06. The van der Waals surface area contributed by atoms with Crippen molar-refractivity contribution in [3.63, 3.8) is 0 Å². The fourth-order valence-electron chi connectivity index (χ4n) is 2.23. The predicted octanol–water partition coefficient (Wildman–Crippen LogP) is 2.47. The summed E-state index contributed by atoms with van der Waals surface area (Å²) in [7, 11) is 0. The van der Waals surface area contributed by atoms with E-state index in [-0.39, 0.29) is 17.9 Å². The second-order valence-electron chi connectivity index (χ2n) is 4.82. The highest BCUT2D eigenvalue weighted by atomic mass is 32.1. The summed E-state index contributed by atoms with van der Waals surface area (Å²) in [5.74, 6) is -0.619. The minimum absolute atomic E-state index is 0.0751. The maximum Gasteiger partial charge on any atom is 0.255 e. The molecule has 2 aromatic heterocycles. The first kappa shape index (κ1) is 14.5. The SMILES string of the molecule is O=C(NCC(O)c1ccsc1)c1c(O)cnc2ccccc12. The van der Waals surface area contributed by atoms with Crippen LogP contribution in [0.2, 0.25) is 0 Å². The van der Waals surface area contributed by atoms with Crippen LogP contribution in [-0.4, -0.2) is 27.6 Å². The molecule has 2 heterocycles. The van der Waals surface area contributed by atoms with Gasteiger partial charge in [-0.2, -0.15) is 11.3 Å². The van der Waals surface area contributed by atoms with Gasteiger partial charge in [0, 0.05) is 11.9 Å². The van der Waals surface area contributed by atoms with Crippen molar-refractivity contribution < 1.29 is 15.0 Å². The third-order valence-electron chi connectivity index (χ3n) is 3.37. The molecule has 3 rings (SSSR count). The van der Waals surface area contributed by atoms with E-state index in [1.165, 1.54) is 17.5 Å². The van der Waals surface area contributed by atoms with Gasteiger partial charge in [-0.3, -0.25) is 9.78 Å². The molecule has 0 bridgehead atoms. The van der Waals surface area contributed by atoms with Crippen LogP contribution in [-0.2, 0) is 0 Å². The molecule has 0 saturated carbocycles. The molecule has 0 saturated heterocycles. The fourth-order valence-corrected chi connectivity index (χ4v) is 2.94. The van der Waals surface area contributed by atoms with E-state index < -0.39 is 12.0 Å². The Kier molecular flexibility index (Phi) is 4.04. The van der Waals surface area contributed by atoms with Gasteiger partial charge in [-0.15, -0.1) is 0 Å². The van der Waals surface area contributed by atoms with Crippen LogP contribution in [0.4, 0.5) is 0 Å². The molecule has 0 aliphatic carbocycles. The number of fused-ring (bicyclic) bond motifs is 1. The van der Waals surface area contributed by atoms with Gasteiger partial charge in [0.1, 0.15) is 5.75 Å². The smallest absolute Gasteiger partial charge is 0.255 e. The first-order valence-corrected chi connectivity index (χ1v) is 7.66. The number of amides is 1. The van der Waals surface area contributed by atoms with Crippen LogP contribution in [0, 0.1) is 0 Å². The monoisotopic (exact) mass is 314 g/mol. The van der Waals surface area contributed by atoms with E-state index >= 15 is 0 Å². The van der Waals surface area contributed by atoms with Gasteiger partial charge in [-0.1, -0.05) is 18.2 Å². The second kappa shape index (κ2) is 6.13. The average molecular weight is 314 g/mol. The zero-order valence-corrected chi connectivity index (χ0v) is 12.4. The van der Waals surface area contributed by atoms with Gasteiger partial charge >= 0.3 is 0 Å². The summed E-state index contributed by atoms with van der Waals surface area (Å²) in [5.41, 5.74) is 1.56. The number of benzene rings is 1. The Morgan fingerprint density at radius 2 is 2.14 bits per heavy atom. The maximum absolute atomic E-state index is 12.3. The Hall–Kier alpha value is -2.44. The van der Waals surface area contributed by atoms with Crippen molar-refractivity contribution in [2.24, 2.45) is 0 Å². The van der Waals surface area contributed by atoms with Crippen LogP contribution in [0.5, 0.6) is 5.75 Å². The van der Waals surface area contributed by atoms with E-state index in [9.17, 15) is 15.0 Å². The molecule has 6 heteroatoms. The minimum Gasteiger partial charge on any atom is -0.505 e. The molecule has 0 aliphatic rings. The summed E-state index contributed by atoms with van der Waals surface area (Å²) in [5, 5.41) is 26.9. The summed E-state index contributed by atoms with van der Waals surface area (Å²) in [6.45, 7) is 0.0751. The third kappa shape index (κ3) is 2.79. The molecule has 22 heavy (non-hydrogen) atoms. The van der Waals surface area contributed by atoms with Crippen molar-refractivity contribution in [2.45, 2.75) is 6.10 Å². The van der Waals surface area contributed by atoms with Gasteiger partial charge in [-0.05, 0) is 28.5 Å². The van der Waals surface area contributed by atoms with Crippen LogP contribution >= 0.6 is 11.3 Å². The van der Waals surface area contributed by atoms with Gasteiger partial charge in [0.2, 0.25) is 0 Å². The lowest BCUT2D eigenvalue weighted by atomic mass is 10.1. The number of aliphatic hydroxyl groups is 1. The summed E-state index contributed by atoms with van der Waals surface area (Å²) >= 11 is 1.48. The number of pyridine rings is 1. The first-order chi connectivity index (χ1) is 10.7. The molecule has 1 atom stereocenters. The van der Waals surface area contributed by atoms with Gasteiger partial charge in [0.25, 0.3) is 5.91 Å². The quantitative estimate of drug-likeness (QED) is 0.691. The van der Waals surface area contributed by atoms with Crippen LogP contribution in [0.3, 0.4) is 0 Å². The van der Waals surface area contributed by atoms with Gasteiger partial charge in [0.05, 0.1) is 23.4 Å². The summed E-state index contributed by atoms with van der Waals surface area (Å²) in [4.78, 5) is 16.4. The highest BCUT2D eigenvalue weighted by Gasteiger charge is 2.17. The molecule has 5 nitrogen and oxygen atoms in total. The lowest BCUT2D eigenvalue weighted by molar-refractivity contribution is 0.0915. The van der Waals surface area contributed by atoms with Gasteiger partial charge in [-0.25, -0.2) is 0 Å². The largest absolute Gasteiger partial charge is 0.505 e. The Bertz CT molecular complexity index is 802. The number of rotatable bonds is 4. The summed E-state index contributed by atoms with van der Waals surface area (Å²) in [6.07, 6.45) is 0.484.